The summed E-state index contributed by atoms with van der Waals surface area (Å²) in [6.07, 6.45) is 0. The Morgan fingerprint density at radius 1 is 0.839 bits per heavy atom. The lowest BCUT2D eigenvalue weighted by atomic mass is 10.1. The Kier molecular flexibility index (Phi) is 4.57. The molecule has 0 aliphatic heterocycles. The monoisotopic (exact) mass is 408 g/mol. The molecule has 0 bridgehead atoms. The Hall–Kier alpha value is -4.59. The molecule has 0 fully saturated rings. The molecule has 5 rings (SSSR count). The quantitative estimate of drug-likeness (QED) is 0.209. The molecule has 1 N–H and O–H groups in total. The minimum atomic E-state index is -0.445. The molecule has 3 aromatic carbocycles. The van der Waals surface area contributed by atoms with Crippen molar-refractivity contribution in [1.82, 2.24) is 14.6 Å². The van der Waals surface area contributed by atoms with E-state index in [4.69, 9.17) is 4.98 Å². The van der Waals surface area contributed by atoms with E-state index in [-0.39, 0.29) is 5.69 Å². The van der Waals surface area contributed by atoms with Crippen molar-refractivity contribution in [2.45, 2.75) is 0 Å². The Bertz CT molecular complexity index is 1390. The summed E-state index contributed by atoms with van der Waals surface area (Å²) >= 11 is 0. The first kappa shape index (κ1) is 18.4. The standard InChI is InChI=1S/C23H16N6O2/c30-29(31)19-13-11-18(12-14-19)25-26-23-22(17-9-5-2-6-10-17)24-21-15-20(27-28(21)23)16-7-3-1-4-8-16/h1-15,27H. The van der Waals surface area contributed by atoms with Gasteiger partial charge in [-0.1, -0.05) is 60.7 Å². The minimum Gasteiger partial charge on any atom is -0.290 e. The van der Waals surface area contributed by atoms with Crippen LogP contribution in [-0.2, 0) is 0 Å². The van der Waals surface area contributed by atoms with Crippen LogP contribution >= 0.6 is 0 Å². The van der Waals surface area contributed by atoms with Crippen molar-refractivity contribution in [1.29, 1.82) is 0 Å². The highest BCUT2D eigenvalue weighted by molar-refractivity contribution is 5.76. The van der Waals surface area contributed by atoms with Gasteiger partial charge in [-0.2, -0.15) is 0 Å². The lowest BCUT2D eigenvalue weighted by Gasteiger charge is -2.00. The first-order valence-electron chi connectivity index (χ1n) is 9.57. The van der Waals surface area contributed by atoms with Crippen LogP contribution in [0.25, 0.3) is 28.2 Å². The van der Waals surface area contributed by atoms with Gasteiger partial charge in [-0.25, -0.2) is 9.50 Å². The molecule has 31 heavy (non-hydrogen) atoms. The van der Waals surface area contributed by atoms with Crippen molar-refractivity contribution >= 4 is 22.8 Å². The number of hydrogen-bond acceptors (Lipinski definition) is 5. The SMILES string of the molecule is O=[N+]([O-])c1ccc(N=Nc2c(-c3ccccc3)nc3cc(-c4ccccc4)[nH]n23)cc1. The second kappa shape index (κ2) is 7.68. The van der Waals surface area contributed by atoms with Crippen LogP contribution in [-0.4, -0.2) is 19.5 Å². The van der Waals surface area contributed by atoms with Gasteiger partial charge in [0.25, 0.3) is 5.69 Å². The fourth-order valence-corrected chi connectivity index (χ4v) is 3.31. The molecule has 8 heteroatoms. The Morgan fingerprint density at radius 2 is 1.48 bits per heavy atom. The zero-order chi connectivity index (χ0) is 21.2. The number of benzene rings is 3. The van der Waals surface area contributed by atoms with E-state index in [1.807, 2.05) is 66.7 Å². The van der Waals surface area contributed by atoms with Gasteiger partial charge in [0.2, 0.25) is 5.82 Å². The highest BCUT2D eigenvalue weighted by Crippen LogP contribution is 2.33. The number of nitro groups is 1. The number of rotatable bonds is 5. The number of non-ortho nitro benzene ring substituents is 1. The summed E-state index contributed by atoms with van der Waals surface area (Å²) in [4.78, 5) is 15.2. The van der Waals surface area contributed by atoms with Gasteiger partial charge in [-0.3, -0.25) is 15.2 Å². The van der Waals surface area contributed by atoms with E-state index >= 15 is 0 Å². The van der Waals surface area contributed by atoms with E-state index < -0.39 is 4.92 Å². The molecular weight excluding hydrogens is 392 g/mol. The first-order chi connectivity index (χ1) is 15.2. The second-order valence-corrected chi connectivity index (χ2v) is 6.85. The minimum absolute atomic E-state index is 0.00698. The summed E-state index contributed by atoms with van der Waals surface area (Å²) < 4.78 is 1.79. The van der Waals surface area contributed by atoms with Crippen LogP contribution < -0.4 is 0 Å². The maximum absolute atomic E-state index is 10.9. The summed E-state index contributed by atoms with van der Waals surface area (Å²) in [5.74, 6) is 0.543. The lowest BCUT2D eigenvalue weighted by molar-refractivity contribution is -0.384. The van der Waals surface area contributed by atoms with Crippen molar-refractivity contribution in [3.63, 3.8) is 0 Å². The molecule has 2 aromatic heterocycles. The van der Waals surface area contributed by atoms with E-state index in [0.29, 0.717) is 17.2 Å². The number of fused-ring (bicyclic) bond motifs is 1. The number of imidazole rings is 1. The highest BCUT2D eigenvalue weighted by Gasteiger charge is 2.17. The molecule has 2 heterocycles. The average Bonchev–Trinajstić information content (AvgIpc) is 3.38. The van der Waals surface area contributed by atoms with Crippen molar-refractivity contribution in [2.24, 2.45) is 10.2 Å². The second-order valence-electron chi connectivity index (χ2n) is 6.85. The molecule has 0 amide bonds. The average molecular weight is 408 g/mol. The number of aromatic amines is 1. The highest BCUT2D eigenvalue weighted by atomic mass is 16.6. The molecule has 0 atom stereocenters. The molecule has 0 spiro atoms. The van der Waals surface area contributed by atoms with Gasteiger partial charge in [-0.05, 0) is 17.7 Å². The normalized spacial score (nSPS) is 11.4. The first-order valence-corrected chi connectivity index (χ1v) is 9.57. The number of H-pyrrole nitrogens is 1. The van der Waals surface area contributed by atoms with E-state index in [2.05, 4.69) is 15.3 Å². The van der Waals surface area contributed by atoms with Gasteiger partial charge in [0, 0.05) is 23.8 Å². The van der Waals surface area contributed by atoms with Crippen LogP contribution in [0.1, 0.15) is 0 Å². The van der Waals surface area contributed by atoms with Crippen LogP contribution in [0, 0.1) is 10.1 Å². The fraction of sp³-hybridized carbons (Fsp3) is 0. The lowest BCUT2D eigenvalue weighted by Crippen LogP contribution is -1.86. The maximum Gasteiger partial charge on any atom is 0.269 e. The Labute approximate surface area is 176 Å². The van der Waals surface area contributed by atoms with Gasteiger partial charge < -0.3 is 0 Å². The van der Waals surface area contributed by atoms with Crippen LogP contribution in [0.5, 0.6) is 0 Å². The molecule has 0 unspecified atom stereocenters. The molecular formula is C23H16N6O2. The van der Waals surface area contributed by atoms with E-state index in [1.165, 1.54) is 12.1 Å². The third kappa shape index (κ3) is 3.58. The molecule has 0 saturated heterocycles. The number of azo groups is 1. The molecule has 0 saturated carbocycles. The van der Waals surface area contributed by atoms with Crippen molar-refractivity contribution in [2.75, 3.05) is 0 Å². The maximum atomic E-state index is 10.9. The van der Waals surface area contributed by atoms with E-state index in [0.717, 1.165) is 22.5 Å². The number of hydrogen-bond donors (Lipinski definition) is 1. The molecule has 5 aromatic rings. The number of aromatic nitrogens is 3. The van der Waals surface area contributed by atoms with Crippen LogP contribution in [0.2, 0.25) is 0 Å². The predicted molar refractivity (Wildman–Crippen MR) is 118 cm³/mol. The van der Waals surface area contributed by atoms with Crippen LogP contribution in [0.15, 0.2) is 101 Å². The van der Waals surface area contributed by atoms with Gasteiger partial charge in [0.15, 0.2) is 5.65 Å². The predicted octanol–water partition coefficient (Wildman–Crippen LogP) is 6.32. The smallest absolute Gasteiger partial charge is 0.269 e. The zero-order valence-corrected chi connectivity index (χ0v) is 16.2. The van der Waals surface area contributed by atoms with Gasteiger partial charge in [0.1, 0.15) is 5.69 Å². The van der Waals surface area contributed by atoms with Crippen molar-refractivity contribution in [3.05, 3.63) is 101 Å². The largest absolute Gasteiger partial charge is 0.290 e. The number of nitrogens with zero attached hydrogens (tertiary/aromatic N) is 5. The third-order valence-electron chi connectivity index (χ3n) is 4.84. The van der Waals surface area contributed by atoms with Gasteiger partial charge in [0.05, 0.1) is 16.3 Å². The fourth-order valence-electron chi connectivity index (χ4n) is 3.31. The van der Waals surface area contributed by atoms with Crippen LogP contribution in [0.3, 0.4) is 0 Å². The summed E-state index contributed by atoms with van der Waals surface area (Å²) in [6, 6.07) is 27.6. The number of nitrogens with one attached hydrogen (secondary N) is 1. The summed E-state index contributed by atoms with van der Waals surface area (Å²) in [5, 5.41) is 22.9. The van der Waals surface area contributed by atoms with Gasteiger partial charge in [-0.15, -0.1) is 10.2 Å². The summed E-state index contributed by atoms with van der Waals surface area (Å²) in [7, 11) is 0. The van der Waals surface area contributed by atoms with Gasteiger partial charge >= 0.3 is 0 Å². The van der Waals surface area contributed by atoms with Crippen LogP contribution in [0.4, 0.5) is 17.2 Å². The molecule has 0 aliphatic rings. The van der Waals surface area contributed by atoms with Crippen molar-refractivity contribution in [3.8, 4) is 22.5 Å². The zero-order valence-electron chi connectivity index (χ0n) is 16.2. The van der Waals surface area contributed by atoms with Crippen molar-refractivity contribution < 1.29 is 4.92 Å². The number of nitro benzene ring substituents is 1. The molecule has 0 radical (unpaired) electrons. The molecule has 8 nitrogen and oxygen atoms in total. The Morgan fingerprint density at radius 3 is 2.13 bits per heavy atom. The topological polar surface area (TPSA) is 101 Å². The molecule has 0 aliphatic carbocycles. The third-order valence-corrected chi connectivity index (χ3v) is 4.84. The van der Waals surface area contributed by atoms with E-state index in [1.54, 1.807) is 16.6 Å². The summed E-state index contributed by atoms with van der Waals surface area (Å²) in [5.41, 5.74) is 4.79. The van der Waals surface area contributed by atoms with E-state index in [9.17, 15) is 10.1 Å². The summed E-state index contributed by atoms with van der Waals surface area (Å²) in [6.45, 7) is 0. The Balaban J connectivity index is 1.60. The molecule has 150 valence electrons.